The minimum absolute atomic E-state index is 0.0149. The van der Waals surface area contributed by atoms with Crippen LogP contribution in [0.4, 0.5) is 11.8 Å². The van der Waals surface area contributed by atoms with Crippen molar-refractivity contribution in [2.24, 2.45) is 0 Å². The zero-order chi connectivity index (χ0) is 14.5. The molecule has 0 bridgehead atoms. The zero-order valence-corrected chi connectivity index (χ0v) is 12.8. The van der Waals surface area contributed by atoms with Crippen LogP contribution in [0.3, 0.4) is 0 Å². The van der Waals surface area contributed by atoms with Crippen LogP contribution in [-0.2, 0) is 4.74 Å². The van der Waals surface area contributed by atoms with Crippen LogP contribution in [0.2, 0.25) is 0 Å². The first-order valence-corrected chi connectivity index (χ1v) is 7.38. The van der Waals surface area contributed by atoms with Crippen molar-refractivity contribution in [3.8, 4) is 0 Å². The lowest BCUT2D eigenvalue weighted by Gasteiger charge is -2.17. The summed E-state index contributed by atoms with van der Waals surface area (Å²) in [5.41, 5.74) is 0. The summed E-state index contributed by atoms with van der Waals surface area (Å²) in [5, 5.41) is 16.7. The van der Waals surface area contributed by atoms with Gasteiger partial charge in [-0.3, -0.25) is 0 Å². The zero-order valence-electron chi connectivity index (χ0n) is 11.9. The highest BCUT2D eigenvalue weighted by Gasteiger charge is 2.14. The molecule has 2 aromatic heterocycles. The quantitative estimate of drug-likeness (QED) is 0.723. The first-order valence-electron chi connectivity index (χ1n) is 6.56. The van der Waals surface area contributed by atoms with E-state index in [1.807, 2.05) is 13.8 Å². The second kappa shape index (κ2) is 6.83. The highest BCUT2D eigenvalue weighted by molar-refractivity contribution is 7.18. The van der Waals surface area contributed by atoms with Crippen molar-refractivity contribution in [2.75, 3.05) is 37.5 Å². The molecule has 0 radical (unpaired) electrons. The molecule has 2 aromatic rings. The number of hydrogen-bond donors (Lipinski definition) is 3. The fourth-order valence-electron chi connectivity index (χ4n) is 1.92. The minimum atomic E-state index is -0.187. The summed E-state index contributed by atoms with van der Waals surface area (Å²) in [6.07, 6.45) is 0. The lowest BCUT2D eigenvalue weighted by molar-refractivity contribution is 0.153. The Morgan fingerprint density at radius 1 is 1.45 bits per heavy atom. The van der Waals surface area contributed by atoms with Gasteiger partial charge >= 0.3 is 0 Å². The van der Waals surface area contributed by atoms with E-state index in [1.54, 1.807) is 18.4 Å². The van der Waals surface area contributed by atoms with Crippen molar-refractivity contribution in [1.29, 1.82) is 0 Å². The number of fused-ring (bicyclic) bond motifs is 1. The van der Waals surface area contributed by atoms with Crippen molar-refractivity contribution in [2.45, 2.75) is 19.9 Å². The Morgan fingerprint density at radius 2 is 2.25 bits per heavy atom. The lowest BCUT2D eigenvalue weighted by atomic mass is 10.3. The van der Waals surface area contributed by atoms with Crippen molar-refractivity contribution in [3.63, 3.8) is 0 Å². The maximum atomic E-state index is 9.37. The van der Waals surface area contributed by atoms with Crippen molar-refractivity contribution in [1.82, 2.24) is 9.97 Å². The van der Waals surface area contributed by atoms with Crippen LogP contribution < -0.4 is 10.6 Å². The van der Waals surface area contributed by atoms with Crippen molar-refractivity contribution in [3.05, 3.63) is 10.9 Å². The van der Waals surface area contributed by atoms with E-state index in [2.05, 4.69) is 26.7 Å². The first kappa shape index (κ1) is 15.0. The van der Waals surface area contributed by atoms with Gasteiger partial charge in [-0.05, 0) is 19.9 Å². The highest BCUT2D eigenvalue weighted by Crippen LogP contribution is 2.29. The van der Waals surface area contributed by atoms with Crippen LogP contribution in [0.15, 0.2) is 6.07 Å². The Bertz CT molecular complexity index is 573. The van der Waals surface area contributed by atoms with Gasteiger partial charge in [0.15, 0.2) is 0 Å². The molecule has 3 N–H and O–H groups in total. The summed E-state index contributed by atoms with van der Waals surface area (Å²) < 4.78 is 5.08. The van der Waals surface area contributed by atoms with Crippen LogP contribution in [0, 0.1) is 6.92 Å². The summed E-state index contributed by atoms with van der Waals surface area (Å²) in [4.78, 5) is 11.1. The summed E-state index contributed by atoms with van der Waals surface area (Å²) in [6, 6.07) is 1.87. The number of aromatic nitrogens is 2. The number of methoxy groups -OCH3 is 1. The maximum Gasteiger partial charge on any atom is 0.226 e. The number of ether oxygens (including phenoxy) is 1. The largest absolute Gasteiger partial charge is 0.394 e. The molecular formula is C13H20N4O2S. The number of aryl methyl sites for hydroxylation is 1. The Morgan fingerprint density at radius 3 is 2.90 bits per heavy atom. The third kappa shape index (κ3) is 3.36. The van der Waals surface area contributed by atoms with Gasteiger partial charge in [0.1, 0.15) is 10.6 Å². The summed E-state index contributed by atoms with van der Waals surface area (Å²) in [7, 11) is 1.61. The Kier molecular flexibility index (Phi) is 5.11. The van der Waals surface area contributed by atoms with E-state index in [4.69, 9.17) is 4.74 Å². The number of anilines is 2. The van der Waals surface area contributed by atoms with E-state index in [0.29, 0.717) is 12.6 Å². The number of hydrogen-bond acceptors (Lipinski definition) is 7. The third-order valence-corrected chi connectivity index (χ3v) is 3.72. The summed E-state index contributed by atoms with van der Waals surface area (Å²) >= 11 is 1.63. The predicted octanol–water partition coefficient (Wildman–Crippen LogP) is 1.85. The fourth-order valence-corrected chi connectivity index (χ4v) is 2.80. The summed E-state index contributed by atoms with van der Waals surface area (Å²) in [5.74, 6) is 1.32. The molecule has 2 rings (SSSR count). The standard InChI is InChI=1S/C13H20N4O2S/c1-4-14-13-16-11(15-9(6-18)7-19-3)10-5-8(2)20-12(10)17-13/h5,9,18H,4,6-7H2,1-3H3,(H2,14,15,16,17). The van der Waals surface area contributed by atoms with Gasteiger partial charge in [0.2, 0.25) is 5.95 Å². The highest BCUT2D eigenvalue weighted by atomic mass is 32.1. The Hall–Kier alpha value is -1.44. The van der Waals surface area contributed by atoms with Crippen LogP contribution in [-0.4, -0.2) is 48.0 Å². The minimum Gasteiger partial charge on any atom is -0.394 e. The molecule has 6 nitrogen and oxygen atoms in total. The molecule has 2 heterocycles. The molecule has 0 fully saturated rings. The predicted molar refractivity (Wildman–Crippen MR) is 82.7 cm³/mol. The Balaban J connectivity index is 2.37. The van der Waals surface area contributed by atoms with Crippen LogP contribution >= 0.6 is 11.3 Å². The van der Waals surface area contributed by atoms with Gasteiger partial charge in [0.25, 0.3) is 0 Å². The number of nitrogens with one attached hydrogen (secondary N) is 2. The molecule has 110 valence electrons. The molecule has 7 heteroatoms. The molecule has 0 aromatic carbocycles. The van der Waals surface area contributed by atoms with Crippen LogP contribution in [0.25, 0.3) is 10.2 Å². The number of thiophene rings is 1. The third-order valence-electron chi connectivity index (χ3n) is 2.78. The second-order valence-corrected chi connectivity index (χ2v) is 5.72. The normalized spacial score (nSPS) is 12.6. The van der Waals surface area contributed by atoms with E-state index < -0.39 is 0 Å². The van der Waals surface area contributed by atoms with E-state index >= 15 is 0 Å². The monoisotopic (exact) mass is 296 g/mol. The molecule has 0 saturated heterocycles. The molecule has 0 saturated carbocycles. The second-order valence-electron chi connectivity index (χ2n) is 4.48. The van der Waals surface area contributed by atoms with Gasteiger partial charge in [-0.15, -0.1) is 11.3 Å². The van der Waals surface area contributed by atoms with Gasteiger partial charge in [-0.1, -0.05) is 0 Å². The maximum absolute atomic E-state index is 9.37. The number of rotatable bonds is 7. The molecule has 0 spiro atoms. The van der Waals surface area contributed by atoms with Gasteiger partial charge in [0.05, 0.1) is 24.6 Å². The number of nitrogens with zero attached hydrogens (tertiary/aromatic N) is 2. The molecule has 20 heavy (non-hydrogen) atoms. The molecule has 1 unspecified atom stereocenters. The van der Waals surface area contributed by atoms with Gasteiger partial charge in [-0.25, -0.2) is 4.98 Å². The molecular weight excluding hydrogens is 276 g/mol. The van der Waals surface area contributed by atoms with E-state index in [0.717, 1.165) is 22.6 Å². The molecule has 0 aliphatic rings. The van der Waals surface area contributed by atoms with Gasteiger partial charge < -0.3 is 20.5 Å². The molecule has 1 atom stereocenters. The smallest absolute Gasteiger partial charge is 0.226 e. The van der Waals surface area contributed by atoms with Crippen molar-refractivity contribution < 1.29 is 9.84 Å². The van der Waals surface area contributed by atoms with Gasteiger partial charge in [-0.2, -0.15) is 4.98 Å². The molecule has 0 amide bonds. The number of aliphatic hydroxyl groups excluding tert-OH is 1. The van der Waals surface area contributed by atoms with Crippen molar-refractivity contribution >= 4 is 33.3 Å². The van der Waals surface area contributed by atoms with Crippen LogP contribution in [0.1, 0.15) is 11.8 Å². The van der Waals surface area contributed by atoms with E-state index in [-0.39, 0.29) is 12.6 Å². The topological polar surface area (TPSA) is 79.3 Å². The van der Waals surface area contributed by atoms with E-state index in [9.17, 15) is 5.11 Å². The average Bonchev–Trinajstić information content (AvgIpc) is 2.79. The average molecular weight is 296 g/mol. The fraction of sp³-hybridized carbons (Fsp3) is 0.538. The Labute approximate surface area is 122 Å². The van der Waals surface area contributed by atoms with Crippen LogP contribution in [0.5, 0.6) is 0 Å². The first-order chi connectivity index (χ1) is 9.67. The SMILES string of the molecule is CCNc1nc(NC(CO)COC)c2cc(C)sc2n1. The molecule has 0 aliphatic carbocycles. The van der Waals surface area contributed by atoms with E-state index in [1.165, 1.54) is 4.88 Å². The van der Waals surface area contributed by atoms with Gasteiger partial charge in [0, 0.05) is 18.5 Å². The lowest BCUT2D eigenvalue weighted by Crippen LogP contribution is -2.29. The molecule has 0 aliphatic heterocycles. The summed E-state index contributed by atoms with van der Waals surface area (Å²) in [6.45, 7) is 5.21. The number of aliphatic hydroxyl groups is 1.